The van der Waals surface area contributed by atoms with Gasteiger partial charge in [0, 0.05) is 42.5 Å². The number of nitrogens with two attached hydrogens (primary N) is 1. The number of nitrogens with one attached hydrogen (secondary N) is 2. The summed E-state index contributed by atoms with van der Waals surface area (Å²) >= 11 is 1.84. The van der Waals surface area contributed by atoms with Crippen LogP contribution in [0.15, 0.2) is 42.6 Å². The predicted octanol–water partition coefficient (Wildman–Crippen LogP) is 4.40. The minimum atomic E-state index is -4.39. The molecular weight excluding hydrogens is 513 g/mol. The van der Waals surface area contributed by atoms with E-state index in [-0.39, 0.29) is 18.3 Å². The third-order valence-corrected chi connectivity index (χ3v) is 7.05. The number of thioether (sulfide) groups is 1. The second-order valence-electron chi connectivity index (χ2n) is 9.17. The fourth-order valence-electron chi connectivity index (χ4n) is 4.53. The molecule has 38 heavy (non-hydrogen) atoms. The third-order valence-electron chi connectivity index (χ3n) is 6.46. The zero-order chi connectivity index (χ0) is 27.1. The summed E-state index contributed by atoms with van der Waals surface area (Å²) in [6.07, 6.45) is 1.15. The van der Waals surface area contributed by atoms with Gasteiger partial charge in [-0.05, 0) is 55.3 Å². The van der Waals surface area contributed by atoms with Crippen LogP contribution in [0.2, 0.25) is 0 Å². The molecule has 11 heteroatoms. The van der Waals surface area contributed by atoms with Crippen LogP contribution in [-0.2, 0) is 6.54 Å². The van der Waals surface area contributed by atoms with E-state index in [0.29, 0.717) is 16.9 Å². The summed E-state index contributed by atoms with van der Waals surface area (Å²) in [7, 11) is 0. The lowest BCUT2D eigenvalue weighted by atomic mass is 10.0. The van der Waals surface area contributed by atoms with Crippen LogP contribution in [0.1, 0.15) is 29.0 Å². The molecule has 1 aliphatic heterocycles. The maximum Gasteiger partial charge on any atom is 0.406 e. The molecule has 7 nitrogen and oxygen atoms in total. The molecule has 1 amide bonds. The van der Waals surface area contributed by atoms with Crippen molar-refractivity contribution < 1.29 is 18.0 Å². The minimum Gasteiger partial charge on any atom is -0.382 e. The van der Waals surface area contributed by atoms with Crippen LogP contribution in [0.5, 0.6) is 0 Å². The fourth-order valence-corrected chi connectivity index (χ4v) is 4.97. The second-order valence-corrected chi connectivity index (χ2v) is 10.2. The van der Waals surface area contributed by atoms with Gasteiger partial charge >= 0.3 is 6.18 Å². The molecule has 4 rings (SSSR count). The van der Waals surface area contributed by atoms with Crippen LogP contribution in [0.25, 0.3) is 10.9 Å². The van der Waals surface area contributed by atoms with Gasteiger partial charge in [0.25, 0.3) is 5.91 Å². The molecule has 1 saturated heterocycles. The molecule has 3 heterocycles. The van der Waals surface area contributed by atoms with E-state index in [0.717, 1.165) is 49.3 Å². The predicted molar refractivity (Wildman–Crippen MR) is 148 cm³/mol. The molecule has 0 atom stereocenters. The average molecular weight is 545 g/mol. The molecule has 1 aliphatic rings. The number of fused-ring (bicyclic) bond motifs is 1. The Labute approximate surface area is 224 Å². The van der Waals surface area contributed by atoms with Gasteiger partial charge in [-0.1, -0.05) is 12.0 Å². The number of primary amides is 1. The number of halogens is 3. The molecule has 0 spiro atoms. The highest BCUT2D eigenvalue weighted by Gasteiger charge is 2.30. The number of hydrogen-bond acceptors (Lipinski definition) is 6. The lowest BCUT2D eigenvalue weighted by Crippen LogP contribution is -2.40. The van der Waals surface area contributed by atoms with Gasteiger partial charge < -0.3 is 25.8 Å². The number of carbonyl (C=O) groups is 1. The van der Waals surface area contributed by atoms with Crippen LogP contribution in [0, 0.1) is 11.8 Å². The quantitative estimate of drug-likeness (QED) is 0.346. The number of carbonyl (C=O) groups excluding carboxylic acids is 1. The molecule has 4 N–H and O–H groups in total. The summed E-state index contributed by atoms with van der Waals surface area (Å²) in [6.45, 7) is 2.16. The van der Waals surface area contributed by atoms with Crippen molar-refractivity contribution in [2.24, 2.45) is 5.73 Å². The molecule has 0 bridgehead atoms. The Morgan fingerprint density at radius 3 is 2.68 bits per heavy atom. The molecule has 0 saturated carbocycles. The Kier molecular flexibility index (Phi) is 9.07. The summed E-state index contributed by atoms with van der Waals surface area (Å²) < 4.78 is 41.7. The van der Waals surface area contributed by atoms with E-state index in [4.69, 9.17) is 5.73 Å². The van der Waals surface area contributed by atoms with Crippen molar-refractivity contribution in [2.45, 2.75) is 31.6 Å². The fraction of sp³-hybridized carbons (Fsp3) is 0.407. The summed E-state index contributed by atoms with van der Waals surface area (Å²) in [5.74, 6) is 6.29. The number of likely N-dealkylation sites (tertiary alicyclic amines) is 1. The van der Waals surface area contributed by atoms with Crippen LogP contribution in [-0.4, -0.2) is 70.8 Å². The molecule has 202 valence electrons. The third kappa shape index (κ3) is 7.36. The number of piperidine rings is 1. The van der Waals surface area contributed by atoms with E-state index < -0.39 is 18.6 Å². The lowest BCUT2D eigenvalue weighted by molar-refractivity contribution is -0.140. The number of aromatic nitrogens is 2. The van der Waals surface area contributed by atoms with Gasteiger partial charge in [-0.15, -0.1) is 0 Å². The van der Waals surface area contributed by atoms with Gasteiger partial charge in [0.1, 0.15) is 12.2 Å². The number of benzene rings is 1. The summed E-state index contributed by atoms with van der Waals surface area (Å²) in [5, 5.41) is 7.33. The van der Waals surface area contributed by atoms with E-state index >= 15 is 0 Å². The average Bonchev–Trinajstić information content (AvgIpc) is 3.23. The largest absolute Gasteiger partial charge is 0.406 e. The molecule has 0 unspecified atom stereocenters. The highest BCUT2D eigenvalue weighted by molar-refractivity contribution is 7.98. The first-order valence-corrected chi connectivity index (χ1v) is 13.8. The number of hydrogen-bond donors (Lipinski definition) is 3. The number of amides is 1. The summed E-state index contributed by atoms with van der Waals surface area (Å²) in [6, 6.07) is 10.5. The normalized spacial score (nSPS) is 14.7. The van der Waals surface area contributed by atoms with Crippen molar-refractivity contribution in [1.82, 2.24) is 14.5 Å². The van der Waals surface area contributed by atoms with Gasteiger partial charge in [0.05, 0.1) is 29.6 Å². The first-order chi connectivity index (χ1) is 18.2. The Morgan fingerprint density at radius 2 is 2.03 bits per heavy atom. The van der Waals surface area contributed by atoms with Crippen LogP contribution in [0.4, 0.5) is 24.5 Å². The number of alkyl halides is 3. The van der Waals surface area contributed by atoms with Gasteiger partial charge in [0.2, 0.25) is 0 Å². The Morgan fingerprint density at radius 1 is 1.24 bits per heavy atom. The van der Waals surface area contributed by atoms with E-state index in [9.17, 15) is 18.0 Å². The van der Waals surface area contributed by atoms with Crippen molar-refractivity contribution in [2.75, 3.05) is 48.8 Å². The monoisotopic (exact) mass is 544 g/mol. The number of nitrogens with zero attached hydrogens (tertiary/aromatic N) is 3. The second kappa shape index (κ2) is 12.5. The number of anilines is 2. The van der Waals surface area contributed by atoms with Crippen LogP contribution < -0.4 is 16.4 Å². The van der Waals surface area contributed by atoms with Gasteiger partial charge in [-0.25, -0.2) is 4.98 Å². The van der Waals surface area contributed by atoms with E-state index in [2.05, 4.69) is 38.6 Å². The van der Waals surface area contributed by atoms with Crippen molar-refractivity contribution >= 4 is 39.9 Å². The Balaban J connectivity index is 1.51. The highest BCUT2D eigenvalue weighted by atomic mass is 32.2. The van der Waals surface area contributed by atoms with Crippen molar-refractivity contribution in [3.8, 4) is 11.8 Å². The maximum atomic E-state index is 13.5. The first kappa shape index (κ1) is 27.7. The zero-order valence-corrected chi connectivity index (χ0v) is 22.0. The number of pyridine rings is 1. The molecule has 0 radical (unpaired) electrons. The SMILES string of the molecule is CSCCN1CCC(Nc2cccc3c2cc(C#CCNc2ccc(C(N)=O)nc2)n3CC(F)(F)F)CC1. The van der Waals surface area contributed by atoms with Crippen LogP contribution in [0.3, 0.4) is 0 Å². The molecule has 1 fully saturated rings. The summed E-state index contributed by atoms with van der Waals surface area (Å²) in [4.78, 5) is 17.6. The molecule has 0 aliphatic carbocycles. The highest BCUT2D eigenvalue weighted by Crippen LogP contribution is 2.31. The smallest absolute Gasteiger partial charge is 0.382 e. The van der Waals surface area contributed by atoms with Gasteiger partial charge in [-0.3, -0.25) is 4.79 Å². The van der Waals surface area contributed by atoms with Crippen molar-refractivity contribution in [1.29, 1.82) is 0 Å². The zero-order valence-electron chi connectivity index (χ0n) is 21.1. The van der Waals surface area contributed by atoms with E-state index in [1.54, 1.807) is 24.3 Å². The van der Waals surface area contributed by atoms with Gasteiger partial charge in [0.15, 0.2) is 0 Å². The number of rotatable bonds is 9. The van der Waals surface area contributed by atoms with Gasteiger partial charge in [-0.2, -0.15) is 24.9 Å². The molecule has 2 aromatic heterocycles. The van der Waals surface area contributed by atoms with Crippen molar-refractivity contribution in [3.05, 3.63) is 54.0 Å². The molecule has 1 aromatic carbocycles. The van der Waals surface area contributed by atoms with E-state index in [1.807, 2.05) is 17.8 Å². The standard InChI is InChI=1S/C27H31F3N6OS/c1-38-15-14-35-12-9-19(10-13-35)34-23-5-2-6-25-22(23)16-21(36(25)18-27(28,29)30)4-3-11-32-20-7-8-24(26(31)37)33-17-20/h2,5-8,16-17,19,32,34H,9-15,18H2,1H3,(H2,31,37). The lowest BCUT2D eigenvalue weighted by Gasteiger charge is -2.32. The van der Waals surface area contributed by atoms with E-state index in [1.165, 1.54) is 16.8 Å². The Hall–Kier alpha value is -3.36. The van der Waals surface area contributed by atoms with Crippen LogP contribution >= 0.6 is 11.8 Å². The Bertz CT molecular complexity index is 1300. The van der Waals surface area contributed by atoms with Crippen molar-refractivity contribution in [3.63, 3.8) is 0 Å². The topological polar surface area (TPSA) is 88.2 Å². The maximum absolute atomic E-state index is 13.5. The minimum absolute atomic E-state index is 0.142. The summed E-state index contributed by atoms with van der Waals surface area (Å²) in [5.41, 5.74) is 7.56. The molecule has 3 aromatic rings. The first-order valence-electron chi connectivity index (χ1n) is 12.4. The molecular formula is C27H31F3N6OS.